The van der Waals surface area contributed by atoms with Crippen LogP contribution in [0.1, 0.15) is 47.2 Å². The third kappa shape index (κ3) is 6.26. The Morgan fingerprint density at radius 2 is 1.38 bits per heavy atom. The van der Waals surface area contributed by atoms with E-state index in [2.05, 4.69) is 17.3 Å². The van der Waals surface area contributed by atoms with E-state index in [1.54, 1.807) is 26.4 Å². The van der Waals surface area contributed by atoms with E-state index < -0.39 is 0 Å². The molecule has 8 heteroatoms. The number of halogens is 1. The lowest BCUT2D eigenvalue weighted by Gasteiger charge is -2.36. The van der Waals surface area contributed by atoms with Crippen molar-refractivity contribution in [1.82, 2.24) is 10.2 Å². The van der Waals surface area contributed by atoms with Crippen LogP contribution in [-0.4, -0.2) is 50.2 Å². The van der Waals surface area contributed by atoms with Crippen LogP contribution < -0.4 is 24.3 Å². The molecule has 0 aliphatic carbocycles. The summed E-state index contributed by atoms with van der Waals surface area (Å²) < 4.78 is 22.8. The van der Waals surface area contributed by atoms with E-state index >= 15 is 0 Å². The summed E-state index contributed by atoms with van der Waals surface area (Å²) in [5, 5.41) is 3.47. The van der Waals surface area contributed by atoms with Crippen molar-refractivity contribution in [3.05, 3.63) is 82.4 Å². The van der Waals surface area contributed by atoms with E-state index in [9.17, 15) is 4.79 Å². The standard InChI is InChI=1S/C31H35ClN2O5/c1-34-23-8-9-24(34)17-22(16-23)33-31(35)27-14-15-28(38-18-20-4-10-25(36-2)11-5-20)30(29(27)32)39-19-21-6-12-26(37-3)13-7-21/h4-7,10-15,22-24H,8-9,16-19H2,1-3H3,(H,33,35)/t22-,23+,24-. The number of carbonyl (C=O) groups is 1. The number of hydrogen-bond donors (Lipinski definition) is 1. The molecule has 7 nitrogen and oxygen atoms in total. The van der Waals surface area contributed by atoms with Crippen molar-refractivity contribution in [2.45, 2.75) is 57.0 Å². The lowest BCUT2D eigenvalue weighted by atomic mass is 9.97. The molecule has 1 amide bonds. The van der Waals surface area contributed by atoms with E-state index in [-0.39, 0.29) is 23.6 Å². The number of rotatable bonds is 10. The van der Waals surface area contributed by atoms with Crippen LogP contribution in [0.3, 0.4) is 0 Å². The van der Waals surface area contributed by atoms with Gasteiger partial charge < -0.3 is 29.2 Å². The Bertz CT molecular complexity index is 1270. The van der Waals surface area contributed by atoms with Crippen molar-refractivity contribution in [3.63, 3.8) is 0 Å². The third-order valence-corrected chi connectivity index (χ3v) is 8.21. The molecule has 3 atom stereocenters. The van der Waals surface area contributed by atoms with Crippen LogP contribution >= 0.6 is 11.6 Å². The van der Waals surface area contributed by atoms with Crippen LogP contribution in [0, 0.1) is 0 Å². The van der Waals surface area contributed by atoms with Gasteiger partial charge in [0.2, 0.25) is 0 Å². The molecule has 5 rings (SSSR count). The van der Waals surface area contributed by atoms with Gasteiger partial charge in [-0.1, -0.05) is 35.9 Å². The Morgan fingerprint density at radius 1 is 0.846 bits per heavy atom. The quantitative estimate of drug-likeness (QED) is 0.340. The Balaban J connectivity index is 1.34. The van der Waals surface area contributed by atoms with E-state index in [1.807, 2.05) is 48.5 Å². The molecule has 2 aliphatic heterocycles. The van der Waals surface area contributed by atoms with Crippen molar-refractivity contribution >= 4 is 17.5 Å². The number of piperidine rings is 1. The summed E-state index contributed by atoms with van der Waals surface area (Å²) in [7, 11) is 5.45. The SMILES string of the molecule is COc1ccc(COc2ccc(C(=O)N[C@H]3C[C@H]4CC[C@@H](C3)N4C)c(Cl)c2OCc2ccc(OC)cc2)cc1. The van der Waals surface area contributed by atoms with Crippen molar-refractivity contribution in [1.29, 1.82) is 0 Å². The van der Waals surface area contributed by atoms with Crippen molar-refractivity contribution in [2.24, 2.45) is 0 Å². The molecule has 2 bridgehead atoms. The number of fused-ring (bicyclic) bond motifs is 2. The van der Waals surface area contributed by atoms with Gasteiger partial charge in [0.15, 0.2) is 11.5 Å². The van der Waals surface area contributed by atoms with Gasteiger partial charge in [0.05, 0.1) is 24.8 Å². The third-order valence-electron chi connectivity index (χ3n) is 7.83. The molecule has 206 valence electrons. The highest BCUT2D eigenvalue weighted by molar-refractivity contribution is 6.35. The number of ether oxygens (including phenoxy) is 4. The molecule has 1 N–H and O–H groups in total. The number of benzene rings is 3. The topological polar surface area (TPSA) is 69.3 Å². The average molecular weight is 551 g/mol. The molecule has 0 spiro atoms. The van der Waals surface area contributed by atoms with Crippen LogP contribution in [0.15, 0.2) is 60.7 Å². The maximum atomic E-state index is 13.4. The molecule has 2 aliphatic rings. The van der Waals surface area contributed by atoms with Gasteiger partial charge in [0.1, 0.15) is 24.7 Å². The zero-order valence-corrected chi connectivity index (χ0v) is 23.4. The first-order valence-electron chi connectivity index (χ1n) is 13.3. The van der Waals surface area contributed by atoms with Gasteiger partial charge in [0.25, 0.3) is 5.91 Å². The van der Waals surface area contributed by atoms with Gasteiger partial charge in [-0.2, -0.15) is 0 Å². The summed E-state index contributed by atoms with van der Waals surface area (Å²) in [6.45, 7) is 0.565. The second-order valence-electron chi connectivity index (χ2n) is 10.2. The first kappa shape index (κ1) is 27.2. The summed E-state index contributed by atoms with van der Waals surface area (Å²) in [5.41, 5.74) is 2.28. The first-order valence-corrected chi connectivity index (χ1v) is 13.7. The van der Waals surface area contributed by atoms with Crippen molar-refractivity contribution in [2.75, 3.05) is 21.3 Å². The van der Waals surface area contributed by atoms with Gasteiger partial charge in [0, 0.05) is 18.1 Å². The Labute approximate surface area is 235 Å². The minimum Gasteiger partial charge on any atom is -0.497 e. The zero-order chi connectivity index (χ0) is 27.4. The van der Waals surface area contributed by atoms with Gasteiger partial charge in [-0.25, -0.2) is 0 Å². The predicted octanol–water partition coefficient (Wildman–Crippen LogP) is 5.87. The molecular weight excluding hydrogens is 516 g/mol. The average Bonchev–Trinajstić information content (AvgIpc) is 3.15. The van der Waals surface area contributed by atoms with E-state index in [0.29, 0.717) is 35.8 Å². The Kier molecular flexibility index (Phi) is 8.48. The molecule has 2 heterocycles. The molecular formula is C31H35ClN2O5. The van der Waals surface area contributed by atoms with Gasteiger partial charge in [-0.15, -0.1) is 0 Å². The van der Waals surface area contributed by atoms with Gasteiger partial charge >= 0.3 is 0 Å². The highest BCUT2D eigenvalue weighted by atomic mass is 35.5. The maximum Gasteiger partial charge on any atom is 0.253 e. The maximum absolute atomic E-state index is 13.4. The van der Waals surface area contributed by atoms with Crippen molar-refractivity contribution < 1.29 is 23.7 Å². The molecule has 3 aromatic rings. The molecule has 3 aromatic carbocycles. The monoisotopic (exact) mass is 550 g/mol. The Hall–Kier alpha value is -3.42. The molecule has 39 heavy (non-hydrogen) atoms. The van der Waals surface area contributed by atoms with Crippen LogP contribution in [0.25, 0.3) is 0 Å². The summed E-state index contributed by atoms with van der Waals surface area (Å²) in [6.07, 6.45) is 4.30. The first-order chi connectivity index (χ1) is 18.9. The molecule has 0 aromatic heterocycles. The number of nitrogens with one attached hydrogen (secondary N) is 1. The van der Waals surface area contributed by atoms with E-state index in [4.69, 9.17) is 30.5 Å². The summed E-state index contributed by atoms with van der Waals surface area (Å²) in [6, 6.07) is 19.9. The lowest BCUT2D eigenvalue weighted by Crippen LogP contribution is -2.48. The van der Waals surface area contributed by atoms with Crippen LogP contribution in [0.2, 0.25) is 5.02 Å². The fraction of sp³-hybridized carbons (Fsp3) is 0.387. The van der Waals surface area contributed by atoms with E-state index in [1.165, 1.54) is 12.8 Å². The molecule has 2 fully saturated rings. The summed E-state index contributed by atoms with van der Waals surface area (Å²) in [5.74, 6) is 2.17. The summed E-state index contributed by atoms with van der Waals surface area (Å²) in [4.78, 5) is 15.8. The van der Waals surface area contributed by atoms with Crippen LogP contribution in [0.5, 0.6) is 23.0 Å². The minimum atomic E-state index is -0.190. The highest BCUT2D eigenvalue weighted by Gasteiger charge is 2.39. The Morgan fingerprint density at radius 3 is 1.92 bits per heavy atom. The molecule has 0 saturated carbocycles. The zero-order valence-electron chi connectivity index (χ0n) is 22.6. The normalized spacial score (nSPS) is 20.4. The number of methoxy groups -OCH3 is 2. The van der Waals surface area contributed by atoms with Gasteiger partial charge in [-0.05, 0) is 80.3 Å². The second-order valence-corrected chi connectivity index (χ2v) is 10.6. The predicted molar refractivity (Wildman–Crippen MR) is 151 cm³/mol. The van der Waals surface area contributed by atoms with Crippen LogP contribution in [0.4, 0.5) is 0 Å². The fourth-order valence-electron chi connectivity index (χ4n) is 5.51. The largest absolute Gasteiger partial charge is 0.497 e. The highest BCUT2D eigenvalue weighted by Crippen LogP contribution is 2.40. The molecule has 0 radical (unpaired) electrons. The molecule has 0 unspecified atom stereocenters. The number of carbonyl (C=O) groups excluding carboxylic acids is 1. The van der Waals surface area contributed by atoms with Crippen molar-refractivity contribution in [3.8, 4) is 23.0 Å². The number of hydrogen-bond acceptors (Lipinski definition) is 6. The fourth-order valence-corrected chi connectivity index (χ4v) is 5.81. The number of amides is 1. The smallest absolute Gasteiger partial charge is 0.253 e. The number of nitrogens with zero attached hydrogens (tertiary/aromatic N) is 1. The van der Waals surface area contributed by atoms with Crippen LogP contribution in [-0.2, 0) is 13.2 Å². The minimum absolute atomic E-state index is 0.136. The lowest BCUT2D eigenvalue weighted by molar-refractivity contribution is 0.0882. The molecule has 2 saturated heterocycles. The second kappa shape index (κ2) is 12.2. The van der Waals surface area contributed by atoms with E-state index in [0.717, 1.165) is 35.5 Å². The van der Waals surface area contributed by atoms with Gasteiger partial charge in [-0.3, -0.25) is 4.79 Å². The summed E-state index contributed by atoms with van der Waals surface area (Å²) >= 11 is 6.84.